The van der Waals surface area contributed by atoms with E-state index in [1.807, 2.05) is 29.8 Å². The fraction of sp³-hybridized carbons (Fsp3) is 0.273. The lowest BCUT2D eigenvalue weighted by Gasteiger charge is -2.10. The van der Waals surface area contributed by atoms with Gasteiger partial charge in [0.2, 0.25) is 0 Å². The second-order valence-corrected chi connectivity index (χ2v) is 5.15. The van der Waals surface area contributed by atoms with Crippen LogP contribution in [0.15, 0.2) is 33.5 Å². The van der Waals surface area contributed by atoms with Crippen molar-refractivity contribution in [2.75, 3.05) is 5.32 Å². The van der Waals surface area contributed by atoms with Crippen LogP contribution in [0.2, 0.25) is 0 Å². The van der Waals surface area contributed by atoms with E-state index in [2.05, 4.69) is 47.3 Å². The number of aryl methyl sites for hydroxylation is 1. The van der Waals surface area contributed by atoms with E-state index in [0.29, 0.717) is 6.54 Å². The van der Waals surface area contributed by atoms with E-state index in [-0.39, 0.29) is 0 Å². The predicted octanol–water partition coefficient (Wildman–Crippen LogP) is 3.44. The van der Waals surface area contributed by atoms with Crippen molar-refractivity contribution in [3.63, 3.8) is 0 Å². The van der Waals surface area contributed by atoms with Gasteiger partial charge in [0.25, 0.3) is 0 Å². The van der Waals surface area contributed by atoms with E-state index in [4.69, 9.17) is 0 Å². The van der Waals surface area contributed by atoms with Gasteiger partial charge in [-0.05, 0) is 50.9 Å². The first-order chi connectivity index (χ1) is 8.22. The zero-order chi connectivity index (χ0) is 12.3. The molecule has 0 bridgehead atoms. The first kappa shape index (κ1) is 12.6. The Balaban J connectivity index is 2.13. The number of nitrogens with one attached hydrogen (secondary N) is 1. The van der Waals surface area contributed by atoms with Crippen LogP contribution in [-0.2, 0) is 13.1 Å². The molecule has 0 saturated carbocycles. The molecule has 0 aliphatic rings. The summed E-state index contributed by atoms with van der Waals surface area (Å²) in [5.41, 5.74) is 1.03. The van der Waals surface area contributed by atoms with Gasteiger partial charge in [0, 0.05) is 15.5 Å². The molecule has 1 aromatic heterocycles. The third-order valence-electron chi connectivity index (χ3n) is 2.38. The molecule has 2 rings (SSSR count). The molecule has 17 heavy (non-hydrogen) atoms. The highest BCUT2D eigenvalue weighted by atomic mass is 79.9. The van der Waals surface area contributed by atoms with Crippen molar-refractivity contribution in [1.82, 2.24) is 14.8 Å². The summed E-state index contributed by atoms with van der Waals surface area (Å²) >= 11 is 7.02. The highest BCUT2D eigenvalue weighted by molar-refractivity contribution is 9.11. The number of para-hydroxylation sites is 1. The number of hydrogen-bond donors (Lipinski definition) is 1. The maximum Gasteiger partial charge on any atom is 0.146 e. The van der Waals surface area contributed by atoms with Crippen molar-refractivity contribution >= 4 is 37.5 Å². The third-order valence-corrected chi connectivity index (χ3v) is 3.70. The van der Waals surface area contributed by atoms with Crippen LogP contribution < -0.4 is 5.32 Å². The van der Waals surface area contributed by atoms with Gasteiger partial charge >= 0.3 is 0 Å². The number of benzene rings is 1. The van der Waals surface area contributed by atoms with Crippen LogP contribution in [0.1, 0.15) is 12.7 Å². The van der Waals surface area contributed by atoms with Gasteiger partial charge in [-0.1, -0.05) is 6.07 Å². The van der Waals surface area contributed by atoms with Crippen molar-refractivity contribution in [2.24, 2.45) is 0 Å². The fourth-order valence-corrected chi connectivity index (χ4v) is 2.80. The maximum absolute atomic E-state index is 4.22. The SMILES string of the molecule is CCn1ncnc1CNc1c(Br)cccc1Br. The van der Waals surface area contributed by atoms with Gasteiger partial charge < -0.3 is 5.32 Å². The molecule has 0 aliphatic carbocycles. The topological polar surface area (TPSA) is 42.7 Å². The number of anilines is 1. The minimum absolute atomic E-state index is 0.648. The number of hydrogen-bond acceptors (Lipinski definition) is 3. The molecule has 0 aliphatic heterocycles. The van der Waals surface area contributed by atoms with E-state index in [1.165, 1.54) is 0 Å². The number of aromatic nitrogens is 3. The highest BCUT2D eigenvalue weighted by Crippen LogP contribution is 2.30. The second kappa shape index (κ2) is 5.64. The van der Waals surface area contributed by atoms with Gasteiger partial charge in [-0.15, -0.1) is 0 Å². The minimum atomic E-state index is 0.648. The lowest BCUT2D eigenvalue weighted by molar-refractivity contribution is 0.622. The van der Waals surface area contributed by atoms with E-state index in [1.54, 1.807) is 6.33 Å². The molecule has 0 atom stereocenters. The molecule has 0 radical (unpaired) electrons. The highest BCUT2D eigenvalue weighted by Gasteiger charge is 2.06. The Hall–Kier alpha value is -0.880. The van der Waals surface area contributed by atoms with Crippen LogP contribution in [-0.4, -0.2) is 14.8 Å². The summed E-state index contributed by atoms with van der Waals surface area (Å²) < 4.78 is 3.92. The van der Waals surface area contributed by atoms with Gasteiger partial charge in [-0.25, -0.2) is 9.67 Å². The molecule has 0 spiro atoms. The van der Waals surface area contributed by atoms with Crippen molar-refractivity contribution < 1.29 is 0 Å². The monoisotopic (exact) mass is 358 g/mol. The molecule has 0 unspecified atom stereocenters. The van der Waals surface area contributed by atoms with Gasteiger partial charge in [0.15, 0.2) is 0 Å². The van der Waals surface area contributed by atoms with Crippen molar-refractivity contribution in [2.45, 2.75) is 20.0 Å². The largest absolute Gasteiger partial charge is 0.376 e. The molecule has 2 aromatic rings. The molecule has 1 heterocycles. The van der Waals surface area contributed by atoms with Crippen molar-refractivity contribution in [3.8, 4) is 0 Å². The van der Waals surface area contributed by atoms with E-state index >= 15 is 0 Å². The summed E-state index contributed by atoms with van der Waals surface area (Å²) in [6.07, 6.45) is 1.58. The van der Waals surface area contributed by atoms with E-state index in [0.717, 1.165) is 27.0 Å². The number of nitrogens with zero attached hydrogens (tertiary/aromatic N) is 3. The molecular formula is C11H12Br2N4. The normalized spacial score (nSPS) is 10.5. The smallest absolute Gasteiger partial charge is 0.146 e. The van der Waals surface area contributed by atoms with E-state index < -0.39 is 0 Å². The van der Waals surface area contributed by atoms with Gasteiger partial charge in [0.1, 0.15) is 12.2 Å². The van der Waals surface area contributed by atoms with Gasteiger partial charge in [-0.3, -0.25) is 0 Å². The summed E-state index contributed by atoms with van der Waals surface area (Å²) in [6, 6.07) is 5.98. The Labute approximate surface area is 117 Å². The van der Waals surface area contributed by atoms with E-state index in [9.17, 15) is 0 Å². The Morgan fingerprint density at radius 3 is 2.65 bits per heavy atom. The summed E-state index contributed by atoms with van der Waals surface area (Å²) in [4.78, 5) is 4.22. The average Bonchev–Trinajstić information content (AvgIpc) is 2.76. The predicted molar refractivity (Wildman–Crippen MR) is 74.9 cm³/mol. The average molecular weight is 360 g/mol. The zero-order valence-corrected chi connectivity index (χ0v) is 12.5. The summed E-state index contributed by atoms with van der Waals surface area (Å²) in [7, 11) is 0. The number of rotatable bonds is 4. The molecule has 4 nitrogen and oxygen atoms in total. The van der Waals surface area contributed by atoms with Crippen LogP contribution in [0.25, 0.3) is 0 Å². The lowest BCUT2D eigenvalue weighted by atomic mass is 10.3. The molecule has 90 valence electrons. The Kier molecular flexibility index (Phi) is 4.17. The van der Waals surface area contributed by atoms with Crippen molar-refractivity contribution in [3.05, 3.63) is 39.3 Å². The van der Waals surface area contributed by atoms with Crippen molar-refractivity contribution in [1.29, 1.82) is 0 Å². The molecule has 0 fully saturated rings. The van der Waals surface area contributed by atoms with Gasteiger partial charge in [0.05, 0.1) is 12.2 Å². The first-order valence-electron chi connectivity index (χ1n) is 5.27. The van der Waals surface area contributed by atoms with Crippen LogP contribution in [0.4, 0.5) is 5.69 Å². The molecule has 0 saturated heterocycles. The zero-order valence-electron chi connectivity index (χ0n) is 9.32. The standard InChI is InChI=1S/C11H12Br2N4/c1-2-17-10(15-7-16-17)6-14-11-8(12)4-3-5-9(11)13/h3-5,7,14H,2,6H2,1H3. The summed E-state index contributed by atoms with van der Waals surface area (Å²) in [5, 5.41) is 7.48. The number of halogens is 2. The van der Waals surface area contributed by atoms with Gasteiger partial charge in [-0.2, -0.15) is 5.10 Å². The summed E-state index contributed by atoms with van der Waals surface area (Å²) in [6.45, 7) is 3.52. The van der Waals surface area contributed by atoms with Crippen LogP contribution in [0, 0.1) is 0 Å². The third kappa shape index (κ3) is 2.87. The minimum Gasteiger partial charge on any atom is -0.376 e. The molecule has 1 aromatic carbocycles. The maximum atomic E-state index is 4.22. The summed E-state index contributed by atoms with van der Waals surface area (Å²) in [5.74, 6) is 0.926. The second-order valence-electron chi connectivity index (χ2n) is 3.44. The fourth-order valence-electron chi connectivity index (χ4n) is 1.52. The molecular weight excluding hydrogens is 348 g/mol. The molecule has 1 N–H and O–H groups in total. The lowest BCUT2D eigenvalue weighted by Crippen LogP contribution is -2.09. The molecule has 6 heteroatoms. The van der Waals surface area contributed by atoms with Crippen LogP contribution in [0.5, 0.6) is 0 Å². The Morgan fingerprint density at radius 2 is 2.00 bits per heavy atom. The first-order valence-corrected chi connectivity index (χ1v) is 6.85. The van der Waals surface area contributed by atoms with Crippen LogP contribution >= 0.6 is 31.9 Å². The van der Waals surface area contributed by atoms with Crippen LogP contribution in [0.3, 0.4) is 0 Å². The molecule has 0 amide bonds. The Morgan fingerprint density at radius 1 is 1.29 bits per heavy atom. The quantitative estimate of drug-likeness (QED) is 0.909. The Bertz CT molecular complexity index is 490.